The second-order valence-corrected chi connectivity index (χ2v) is 9.22. The summed E-state index contributed by atoms with van der Waals surface area (Å²) in [6, 6.07) is 5.21. The molecule has 1 aliphatic heterocycles. The molecule has 0 radical (unpaired) electrons. The van der Waals surface area contributed by atoms with Gasteiger partial charge >= 0.3 is 0 Å². The number of piperidine rings is 1. The van der Waals surface area contributed by atoms with E-state index in [0.29, 0.717) is 49.1 Å². The van der Waals surface area contributed by atoms with Crippen molar-refractivity contribution in [3.05, 3.63) is 47.3 Å². The SMILES string of the molecule is COc1ccc2c(=O)n(CC3CCN(S(=O)(=O)c4cnn(C)c4)CC3)cnc2c1. The number of rotatable bonds is 5. The molecule has 2 aromatic heterocycles. The lowest BCUT2D eigenvalue weighted by molar-refractivity contribution is 0.251. The number of aromatic nitrogens is 4. The highest BCUT2D eigenvalue weighted by atomic mass is 32.2. The van der Waals surface area contributed by atoms with Crippen LogP contribution in [-0.2, 0) is 23.6 Å². The molecule has 4 rings (SSSR count). The van der Waals surface area contributed by atoms with Crippen molar-refractivity contribution < 1.29 is 13.2 Å². The molecule has 154 valence electrons. The van der Waals surface area contributed by atoms with Crippen LogP contribution in [0.1, 0.15) is 12.8 Å². The smallest absolute Gasteiger partial charge is 0.261 e. The maximum atomic E-state index is 12.8. The third-order valence-corrected chi connectivity index (χ3v) is 7.23. The maximum absolute atomic E-state index is 12.8. The van der Waals surface area contributed by atoms with Gasteiger partial charge in [-0.3, -0.25) is 14.0 Å². The highest BCUT2D eigenvalue weighted by Gasteiger charge is 2.30. The van der Waals surface area contributed by atoms with Gasteiger partial charge in [0.1, 0.15) is 10.6 Å². The normalized spacial score (nSPS) is 16.3. The first-order valence-corrected chi connectivity index (χ1v) is 10.8. The van der Waals surface area contributed by atoms with Gasteiger partial charge in [-0.15, -0.1) is 0 Å². The lowest BCUT2D eigenvalue weighted by Gasteiger charge is -2.31. The monoisotopic (exact) mass is 417 g/mol. The molecule has 0 saturated carbocycles. The first kappa shape index (κ1) is 19.6. The number of fused-ring (bicyclic) bond motifs is 1. The standard InChI is InChI=1S/C19H23N5O4S/c1-22-12-16(10-21-22)29(26,27)24-7-5-14(6-8-24)11-23-13-20-18-9-15(28-2)3-4-17(18)19(23)25/h3-4,9-10,12-14H,5-8,11H2,1-2H3. The number of hydrogen-bond donors (Lipinski definition) is 0. The Hall–Kier alpha value is -2.72. The van der Waals surface area contributed by atoms with Crippen LogP contribution in [0.4, 0.5) is 0 Å². The Morgan fingerprint density at radius 1 is 1.24 bits per heavy atom. The number of ether oxygens (including phenoxy) is 1. The van der Waals surface area contributed by atoms with E-state index in [9.17, 15) is 13.2 Å². The largest absolute Gasteiger partial charge is 0.497 e. The van der Waals surface area contributed by atoms with Gasteiger partial charge in [0.05, 0.1) is 30.5 Å². The molecule has 1 aromatic carbocycles. The van der Waals surface area contributed by atoms with Gasteiger partial charge in [0.2, 0.25) is 10.0 Å². The van der Waals surface area contributed by atoms with Crippen LogP contribution >= 0.6 is 0 Å². The Kier molecular flexibility index (Phi) is 5.13. The molecule has 3 heterocycles. The van der Waals surface area contributed by atoms with Crippen LogP contribution in [0, 0.1) is 5.92 Å². The molecule has 0 aliphatic carbocycles. The summed E-state index contributed by atoms with van der Waals surface area (Å²) in [7, 11) is -0.260. The maximum Gasteiger partial charge on any atom is 0.261 e. The number of benzene rings is 1. The predicted molar refractivity (Wildman–Crippen MR) is 107 cm³/mol. The lowest BCUT2D eigenvalue weighted by atomic mass is 9.98. The summed E-state index contributed by atoms with van der Waals surface area (Å²) in [5.74, 6) is 0.870. The summed E-state index contributed by atoms with van der Waals surface area (Å²) in [4.78, 5) is 17.4. The molecule has 0 amide bonds. The molecule has 0 atom stereocenters. The molecule has 3 aromatic rings. The fourth-order valence-electron chi connectivity index (χ4n) is 3.69. The summed E-state index contributed by atoms with van der Waals surface area (Å²) >= 11 is 0. The Bertz CT molecular complexity index is 1190. The number of aryl methyl sites for hydroxylation is 1. The zero-order chi connectivity index (χ0) is 20.6. The molecule has 0 N–H and O–H groups in total. The van der Waals surface area contributed by atoms with Crippen LogP contribution in [0.2, 0.25) is 0 Å². The lowest BCUT2D eigenvalue weighted by Crippen LogP contribution is -2.40. The minimum Gasteiger partial charge on any atom is -0.497 e. The quantitative estimate of drug-likeness (QED) is 0.619. The molecule has 1 fully saturated rings. The fraction of sp³-hybridized carbons (Fsp3) is 0.421. The Morgan fingerprint density at radius 3 is 2.66 bits per heavy atom. The Balaban J connectivity index is 1.46. The van der Waals surface area contributed by atoms with Gasteiger partial charge < -0.3 is 4.74 Å². The molecule has 0 bridgehead atoms. The van der Waals surface area contributed by atoms with Crippen LogP contribution in [0.15, 0.2) is 46.6 Å². The van der Waals surface area contributed by atoms with Gasteiger partial charge in [-0.05, 0) is 30.9 Å². The summed E-state index contributed by atoms with van der Waals surface area (Å²) in [6.07, 6.45) is 5.81. The van der Waals surface area contributed by atoms with E-state index in [0.717, 1.165) is 0 Å². The van der Waals surface area contributed by atoms with E-state index in [4.69, 9.17) is 4.74 Å². The van der Waals surface area contributed by atoms with E-state index in [-0.39, 0.29) is 16.4 Å². The van der Waals surface area contributed by atoms with Gasteiger partial charge in [0, 0.05) is 38.9 Å². The van der Waals surface area contributed by atoms with E-state index in [1.54, 1.807) is 43.3 Å². The number of sulfonamides is 1. The van der Waals surface area contributed by atoms with E-state index in [2.05, 4.69) is 10.1 Å². The van der Waals surface area contributed by atoms with Crippen molar-refractivity contribution in [3.8, 4) is 5.75 Å². The van der Waals surface area contributed by atoms with Gasteiger partial charge in [-0.25, -0.2) is 13.4 Å². The zero-order valence-corrected chi connectivity index (χ0v) is 17.2. The van der Waals surface area contributed by atoms with Gasteiger partial charge in [0.25, 0.3) is 5.56 Å². The highest BCUT2D eigenvalue weighted by Crippen LogP contribution is 2.24. The fourth-order valence-corrected chi connectivity index (χ4v) is 5.14. The Labute approximate surface area is 168 Å². The molecule has 10 heteroatoms. The van der Waals surface area contributed by atoms with Crippen molar-refractivity contribution in [2.24, 2.45) is 13.0 Å². The average molecular weight is 417 g/mol. The molecule has 0 spiro atoms. The van der Waals surface area contributed by atoms with E-state index in [1.807, 2.05) is 0 Å². The van der Waals surface area contributed by atoms with Crippen molar-refractivity contribution in [2.75, 3.05) is 20.2 Å². The van der Waals surface area contributed by atoms with Gasteiger partial charge in [-0.1, -0.05) is 0 Å². The second kappa shape index (κ2) is 7.60. The van der Waals surface area contributed by atoms with Crippen molar-refractivity contribution in [2.45, 2.75) is 24.3 Å². The molecule has 29 heavy (non-hydrogen) atoms. The van der Waals surface area contributed by atoms with Crippen LogP contribution in [0.5, 0.6) is 5.75 Å². The minimum atomic E-state index is -3.52. The zero-order valence-electron chi connectivity index (χ0n) is 16.4. The van der Waals surface area contributed by atoms with Crippen molar-refractivity contribution in [1.29, 1.82) is 0 Å². The molecule has 0 unspecified atom stereocenters. The van der Waals surface area contributed by atoms with E-state index in [1.165, 1.54) is 21.4 Å². The van der Waals surface area contributed by atoms with E-state index < -0.39 is 10.0 Å². The van der Waals surface area contributed by atoms with E-state index >= 15 is 0 Å². The number of nitrogens with zero attached hydrogens (tertiary/aromatic N) is 5. The summed E-state index contributed by atoms with van der Waals surface area (Å²) < 4.78 is 35.2. The molecule has 1 saturated heterocycles. The predicted octanol–water partition coefficient (Wildman–Crippen LogP) is 1.24. The third kappa shape index (κ3) is 3.77. The number of methoxy groups -OCH3 is 1. The van der Waals surface area contributed by atoms with Crippen molar-refractivity contribution in [3.63, 3.8) is 0 Å². The van der Waals surface area contributed by atoms with Crippen molar-refractivity contribution in [1.82, 2.24) is 23.6 Å². The van der Waals surface area contributed by atoms with Crippen LogP contribution < -0.4 is 10.3 Å². The van der Waals surface area contributed by atoms with Gasteiger partial charge in [0.15, 0.2) is 0 Å². The molecular weight excluding hydrogens is 394 g/mol. The van der Waals surface area contributed by atoms with Crippen LogP contribution in [0.3, 0.4) is 0 Å². The first-order chi connectivity index (χ1) is 13.9. The second-order valence-electron chi connectivity index (χ2n) is 7.28. The van der Waals surface area contributed by atoms with Crippen LogP contribution in [0.25, 0.3) is 10.9 Å². The Morgan fingerprint density at radius 2 is 2.00 bits per heavy atom. The summed E-state index contributed by atoms with van der Waals surface area (Å²) in [6.45, 7) is 1.37. The minimum absolute atomic E-state index is 0.0944. The van der Waals surface area contributed by atoms with Crippen molar-refractivity contribution >= 4 is 20.9 Å². The molecule has 1 aliphatic rings. The van der Waals surface area contributed by atoms with Gasteiger partial charge in [-0.2, -0.15) is 9.40 Å². The molecule has 9 nitrogen and oxygen atoms in total. The molecular formula is C19H23N5O4S. The van der Waals surface area contributed by atoms with Crippen LogP contribution in [-0.4, -0.2) is 52.3 Å². The highest BCUT2D eigenvalue weighted by molar-refractivity contribution is 7.89. The number of hydrogen-bond acceptors (Lipinski definition) is 6. The third-order valence-electron chi connectivity index (χ3n) is 5.38. The average Bonchev–Trinajstić information content (AvgIpc) is 3.17. The topological polar surface area (TPSA) is 99.3 Å². The summed E-state index contributed by atoms with van der Waals surface area (Å²) in [5, 5.41) is 4.50. The summed E-state index contributed by atoms with van der Waals surface area (Å²) in [5.41, 5.74) is 0.506. The first-order valence-electron chi connectivity index (χ1n) is 9.40.